The van der Waals surface area contributed by atoms with Gasteiger partial charge in [0.25, 0.3) is 0 Å². The maximum Gasteiger partial charge on any atom is 0.224 e. The second kappa shape index (κ2) is 10.5. The lowest BCUT2D eigenvalue weighted by atomic mass is 10.1. The van der Waals surface area contributed by atoms with Crippen LogP contribution in [0.25, 0.3) is 0 Å². The van der Waals surface area contributed by atoms with Crippen LogP contribution in [0.15, 0.2) is 42.5 Å². The van der Waals surface area contributed by atoms with Gasteiger partial charge in [0.2, 0.25) is 5.91 Å². The second-order valence-corrected chi connectivity index (χ2v) is 7.25. The van der Waals surface area contributed by atoms with E-state index in [-0.39, 0.29) is 18.9 Å². The molecule has 5 nitrogen and oxygen atoms in total. The number of nitrogens with one attached hydrogen (secondary N) is 1. The normalized spacial score (nSPS) is 12.1. The number of hydrogen-bond acceptors (Lipinski definition) is 4. The molecule has 0 aliphatic rings. The fourth-order valence-electron chi connectivity index (χ4n) is 2.48. The van der Waals surface area contributed by atoms with Gasteiger partial charge in [0.15, 0.2) is 0 Å². The van der Waals surface area contributed by atoms with E-state index in [0.29, 0.717) is 22.2 Å². The summed E-state index contributed by atoms with van der Waals surface area (Å²) >= 11 is 12.1. The number of benzene rings is 2. The third-order valence-electron chi connectivity index (χ3n) is 3.90. The quantitative estimate of drug-likeness (QED) is 0.665. The maximum atomic E-state index is 12.2. The molecule has 2 N–H and O–H groups in total. The number of rotatable bonds is 9. The highest BCUT2D eigenvalue weighted by molar-refractivity contribution is 6.36. The summed E-state index contributed by atoms with van der Waals surface area (Å²) in [5, 5.41) is 13.7. The number of aliphatic hydroxyl groups excluding tert-OH is 1. The fraction of sp³-hybridized carbons (Fsp3) is 0.350. The van der Waals surface area contributed by atoms with Crippen LogP contribution in [0.2, 0.25) is 10.0 Å². The number of ether oxygens (including phenoxy) is 1. The molecule has 0 saturated heterocycles. The summed E-state index contributed by atoms with van der Waals surface area (Å²) in [5.41, 5.74) is 1.25. The molecule has 2 aromatic rings. The van der Waals surface area contributed by atoms with Crippen LogP contribution in [0.3, 0.4) is 0 Å². The Morgan fingerprint density at radius 2 is 1.85 bits per heavy atom. The van der Waals surface area contributed by atoms with Crippen molar-refractivity contribution >= 4 is 29.1 Å². The van der Waals surface area contributed by atoms with Gasteiger partial charge in [0.05, 0.1) is 12.5 Å². The van der Waals surface area contributed by atoms with Crippen LogP contribution in [0, 0.1) is 0 Å². The van der Waals surface area contributed by atoms with Crippen LogP contribution in [-0.4, -0.2) is 49.7 Å². The lowest BCUT2D eigenvalue weighted by Gasteiger charge is -2.15. The molecule has 1 unspecified atom stereocenters. The summed E-state index contributed by atoms with van der Waals surface area (Å²) < 4.78 is 5.68. The van der Waals surface area contributed by atoms with Crippen LogP contribution in [0.5, 0.6) is 5.75 Å². The van der Waals surface area contributed by atoms with Crippen LogP contribution in [-0.2, 0) is 11.2 Å². The zero-order valence-corrected chi connectivity index (χ0v) is 16.9. The van der Waals surface area contributed by atoms with Crippen molar-refractivity contribution in [3.8, 4) is 5.75 Å². The van der Waals surface area contributed by atoms with Gasteiger partial charge in [0.1, 0.15) is 12.4 Å². The zero-order valence-electron chi connectivity index (χ0n) is 15.4. The van der Waals surface area contributed by atoms with Gasteiger partial charge in [-0.15, -0.1) is 0 Å². The number of amides is 1. The second-order valence-electron chi connectivity index (χ2n) is 6.43. The Morgan fingerprint density at radius 1 is 1.19 bits per heavy atom. The first-order valence-corrected chi connectivity index (χ1v) is 9.37. The van der Waals surface area contributed by atoms with E-state index in [1.165, 1.54) is 0 Å². The minimum Gasteiger partial charge on any atom is -0.492 e. The molecular formula is C20H24Cl2N2O3. The Hall–Kier alpha value is -1.79. The summed E-state index contributed by atoms with van der Waals surface area (Å²) in [6.45, 7) is 1.42. The van der Waals surface area contributed by atoms with Crippen molar-refractivity contribution in [1.29, 1.82) is 0 Å². The Bertz CT molecular complexity index is 748. The number of halogens is 2. The molecule has 0 saturated carbocycles. The molecule has 1 atom stereocenters. The third kappa shape index (κ3) is 7.03. The van der Waals surface area contributed by atoms with Gasteiger partial charge in [-0.2, -0.15) is 0 Å². The van der Waals surface area contributed by atoms with Crippen molar-refractivity contribution in [2.45, 2.75) is 12.5 Å². The van der Waals surface area contributed by atoms with E-state index in [1.54, 1.807) is 18.2 Å². The van der Waals surface area contributed by atoms with Gasteiger partial charge in [-0.25, -0.2) is 0 Å². The van der Waals surface area contributed by atoms with Crippen molar-refractivity contribution in [2.24, 2.45) is 0 Å². The molecule has 0 bridgehead atoms. The van der Waals surface area contributed by atoms with Crippen LogP contribution >= 0.6 is 23.2 Å². The minimum absolute atomic E-state index is 0.0291. The van der Waals surface area contributed by atoms with Gasteiger partial charge >= 0.3 is 0 Å². The first-order chi connectivity index (χ1) is 12.9. The number of likely N-dealkylation sites (N-methyl/N-ethyl adjacent to an activating group) is 1. The predicted octanol–water partition coefficient (Wildman–Crippen LogP) is 3.33. The minimum atomic E-state index is -0.976. The molecule has 0 fully saturated rings. The highest BCUT2D eigenvalue weighted by atomic mass is 35.5. The average molecular weight is 411 g/mol. The molecule has 2 aromatic carbocycles. The molecule has 0 heterocycles. The van der Waals surface area contributed by atoms with Crippen LogP contribution in [0.4, 0.5) is 0 Å². The number of hydrogen-bond donors (Lipinski definition) is 2. The monoisotopic (exact) mass is 410 g/mol. The van der Waals surface area contributed by atoms with Crippen molar-refractivity contribution < 1.29 is 14.6 Å². The van der Waals surface area contributed by atoms with Crippen LogP contribution < -0.4 is 10.1 Å². The summed E-state index contributed by atoms with van der Waals surface area (Å²) in [7, 11) is 3.96. The lowest BCUT2D eigenvalue weighted by Crippen LogP contribution is -2.29. The number of carbonyl (C=O) groups excluding carboxylic acids is 1. The van der Waals surface area contributed by atoms with E-state index in [1.807, 2.05) is 43.3 Å². The van der Waals surface area contributed by atoms with Crippen molar-refractivity contribution in [2.75, 3.05) is 33.8 Å². The zero-order chi connectivity index (χ0) is 19.8. The molecule has 0 aromatic heterocycles. The van der Waals surface area contributed by atoms with E-state index in [2.05, 4.69) is 5.32 Å². The predicted molar refractivity (Wildman–Crippen MR) is 109 cm³/mol. The number of aliphatic hydroxyl groups is 1. The Balaban J connectivity index is 1.87. The molecule has 146 valence electrons. The van der Waals surface area contributed by atoms with E-state index < -0.39 is 6.10 Å². The summed E-state index contributed by atoms with van der Waals surface area (Å²) in [6.07, 6.45) is -0.788. The molecule has 0 radical (unpaired) electrons. The van der Waals surface area contributed by atoms with E-state index in [9.17, 15) is 9.90 Å². The summed E-state index contributed by atoms with van der Waals surface area (Å²) in [4.78, 5) is 14.2. The standard InChI is InChI=1S/C20H24Cl2N2O3/c1-24(2)9-10-27-15-6-3-5-14(11-15)12-19(26)23-13-18(25)20-16(21)7-4-8-17(20)22/h3-8,11,18,25H,9-10,12-13H2,1-2H3,(H,23,26). The highest BCUT2D eigenvalue weighted by Gasteiger charge is 2.16. The largest absolute Gasteiger partial charge is 0.492 e. The van der Waals surface area contributed by atoms with Crippen LogP contribution in [0.1, 0.15) is 17.2 Å². The average Bonchev–Trinajstić information content (AvgIpc) is 2.60. The molecule has 2 rings (SSSR count). The van der Waals surface area contributed by atoms with Gasteiger partial charge in [-0.1, -0.05) is 41.4 Å². The molecule has 0 spiro atoms. The summed E-state index contributed by atoms with van der Waals surface area (Å²) in [5.74, 6) is 0.521. The summed E-state index contributed by atoms with van der Waals surface area (Å²) in [6, 6.07) is 12.4. The Morgan fingerprint density at radius 3 is 2.52 bits per heavy atom. The maximum absolute atomic E-state index is 12.2. The van der Waals surface area contributed by atoms with Gasteiger partial charge in [0, 0.05) is 28.7 Å². The Kier molecular flexibility index (Phi) is 8.38. The van der Waals surface area contributed by atoms with Gasteiger partial charge in [-0.05, 0) is 43.9 Å². The third-order valence-corrected chi connectivity index (χ3v) is 4.56. The van der Waals surface area contributed by atoms with Gasteiger partial charge < -0.3 is 20.1 Å². The smallest absolute Gasteiger partial charge is 0.224 e. The fourth-order valence-corrected chi connectivity index (χ4v) is 3.13. The first kappa shape index (κ1) is 21.5. The molecule has 1 amide bonds. The number of carbonyl (C=O) groups is 1. The highest BCUT2D eigenvalue weighted by Crippen LogP contribution is 2.29. The van der Waals surface area contributed by atoms with Crippen molar-refractivity contribution in [3.05, 3.63) is 63.6 Å². The topological polar surface area (TPSA) is 61.8 Å². The molecule has 0 aliphatic heterocycles. The molecular weight excluding hydrogens is 387 g/mol. The SMILES string of the molecule is CN(C)CCOc1cccc(CC(=O)NCC(O)c2c(Cl)cccc2Cl)c1. The lowest BCUT2D eigenvalue weighted by molar-refractivity contribution is -0.120. The molecule has 27 heavy (non-hydrogen) atoms. The first-order valence-electron chi connectivity index (χ1n) is 8.62. The number of nitrogens with zero attached hydrogens (tertiary/aromatic N) is 1. The molecule has 7 heteroatoms. The van der Waals surface area contributed by atoms with Gasteiger partial charge in [-0.3, -0.25) is 4.79 Å². The van der Waals surface area contributed by atoms with E-state index >= 15 is 0 Å². The van der Waals surface area contributed by atoms with E-state index in [4.69, 9.17) is 27.9 Å². The van der Waals surface area contributed by atoms with Crippen molar-refractivity contribution in [1.82, 2.24) is 10.2 Å². The van der Waals surface area contributed by atoms with E-state index in [0.717, 1.165) is 17.9 Å². The Labute approximate surface area is 169 Å². The van der Waals surface area contributed by atoms with Crippen molar-refractivity contribution in [3.63, 3.8) is 0 Å². The molecule has 0 aliphatic carbocycles.